The van der Waals surface area contributed by atoms with Crippen LogP contribution in [-0.2, 0) is 0 Å². The normalized spacial score (nSPS) is 39.8. The van der Waals surface area contributed by atoms with E-state index in [1.165, 1.54) is 44.1 Å². The van der Waals surface area contributed by atoms with E-state index in [1.54, 1.807) is 0 Å². The van der Waals surface area contributed by atoms with Crippen molar-refractivity contribution < 1.29 is 0 Å². The van der Waals surface area contributed by atoms with E-state index < -0.39 is 0 Å². The molecule has 2 rings (SSSR count). The molecule has 0 nitrogen and oxygen atoms in total. The van der Waals surface area contributed by atoms with Gasteiger partial charge in [0.1, 0.15) is 0 Å². The molecule has 0 aromatic heterocycles. The second kappa shape index (κ2) is 2.41. The highest BCUT2D eigenvalue weighted by atomic mass is 14.3. The van der Waals surface area contributed by atoms with Gasteiger partial charge in [0.25, 0.3) is 0 Å². The van der Waals surface area contributed by atoms with E-state index in [0.29, 0.717) is 0 Å². The lowest BCUT2D eigenvalue weighted by molar-refractivity contribution is 0.229. The van der Waals surface area contributed by atoms with E-state index in [9.17, 15) is 0 Å². The van der Waals surface area contributed by atoms with Crippen molar-refractivity contribution in [1.82, 2.24) is 0 Å². The first kappa shape index (κ1) is 6.45. The van der Waals surface area contributed by atoms with Crippen molar-refractivity contribution in [2.24, 2.45) is 11.8 Å². The molecule has 0 amide bonds. The van der Waals surface area contributed by atoms with Gasteiger partial charge >= 0.3 is 0 Å². The second-order valence-electron chi connectivity index (χ2n) is 4.06. The molecule has 2 aliphatic carbocycles. The summed E-state index contributed by atoms with van der Waals surface area (Å²) in [5, 5.41) is 0. The first-order valence-electron chi connectivity index (χ1n) is 4.51. The largest absolute Gasteiger partial charge is 0.0998 e. The van der Waals surface area contributed by atoms with E-state index in [2.05, 4.69) is 6.58 Å². The van der Waals surface area contributed by atoms with Crippen LogP contribution in [0.15, 0.2) is 12.2 Å². The van der Waals surface area contributed by atoms with Crippen molar-refractivity contribution in [3.63, 3.8) is 0 Å². The van der Waals surface area contributed by atoms with Crippen LogP contribution in [0.4, 0.5) is 0 Å². The minimum absolute atomic E-state index is 1.03. The van der Waals surface area contributed by atoms with E-state index in [1.807, 2.05) is 0 Å². The molecule has 2 saturated carbocycles. The van der Waals surface area contributed by atoms with Gasteiger partial charge in [0.15, 0.2) is 0 Å². The van der Waals surface area contributed by atoms with Gasteiger partial charge in [0.2, 0.25) is 0 Å². The third kappa shape index (κ3) is 1.12. The molecule has 2 bridgehead atoms. The maximum atomic E-state index is 4.10. The van der Waals surface area contributed by atoms with E-state index >= 15 is 0 Å². The fraction of sp³-hybridized carbons (Fsp3) is 0.800. The van der Waals surface area contributed by atoms with Gasteiger partial charge in [0.05, 0.1) is 0 Å². The highest BCUT2D eigenvalue weighted by Gasteiger charge is 2.27. The van der Waals surface area contributed by atoms with Crippen LogP contribution in [0.1, 0.15) is 38.5 Å². The molecule has 0 aromatic rings. The van der Waals surface area contributed by atoms with E-state index in [0.717, 1.165) is 11.8 Å². The van der Waals surface area contributed by atoms with Gasteiger partial charge in [-0.15, -0.1) is 0 Å². The number of fused-ring (bicyclic) bond motifs is 2. The van der Waals surface area contributed by atoms with Crippen molar-refractivity contribution in [2.75, 3.05) is 0 Å². The first-order valence-corrected chi connectivity index (χ1v) is 4.51. The van der Waals surface area contributed by atoms with Gasteiger partial charge in [-0.2, -0.15) is 0 Å². The molecule has 0 N–H and O–H groups in total. The molecule has 0 saturated heterocycles. The first-order chi connectivity index (χ1) is 4.84. The average molecular weight is 136 g/mol. The quantitative estimate of drug-likeness (QED) is 0.449. The highest BCUT2D eigenvalue weighted by molar-refractivity contribution is 5.03. The summed E-state index contributed by atoms with van der Waals surface area (Å²) in [6, 6.07) is 0. The van der Waals surface area contributed by atoms with E-state index in [4.69, 9.17) is 0 Å². The Balaban J connectivity index is 2.05. The monoisotopic (exact) mass is 136 g/mol. The summed E-state index contributed by atoms with van der Waals surface area (Å²) < 4.78 is 0. The number of rotatable bonds is 0. The van der Waals surface area contributed by atoms with Gasteiger partial charge in [-0.25, -0.2) is 0 Å². The van der Waals surface area contributed by atoms with Crippen LogP contribution in [0.2, 0.25) is 0 Å². The Hall–Kier alpha value is -0.260. The summed E-state index contributed by atoms with van der Waals surface area (Å²) in [6.45, 7) is 4.10. The topological polar surface area (TPSA) is 0 Å². The molecule has 0 aromatic carbocycles. The lowest BCUT2D eigenvalue weighted by Crippen LogP contribution is -2.21. The summed E-state index contributed by atoms with van der Waals surface area (Å²) in [5.74, 6) is 2.06. The molecule has 0 spiro atoms. The molecule has 10 heavy (non-hydrogen) atoms. The Morgan fingerprint density at radius 3 is 2.30 bits per heavy atom. The molecule has 2 atom stereocenters. The van der Waals surface area contributed by atoms with Gasteiger partial charge in [0, 0.05) is 0 Å². The van der Waals surface area contributed by atoms with Gasteiger partial charge in [-0.05, 0) is 31.1 Å². The fourth-order valence-corrected chi connectivity index (χ4v) is 2.67. The van der Waals surface area contributed by atoms with Crippen LogP contribution in [0, 0.1) is 11.8 Å². The van der Waals surface area contributed by atoms with E-state index in [-0.39, 0.29) is 0 Å². The Labute approximate surface area is 63.3 Å². The molecule has 0 radical (unpaired) electrons. The summed E-state index contributed by atoms with van der Waals surface area (Å²) in [5.41, 5.74) is 1.53. The molecular formula is C10H16. The Bertz CT molecular complexity index is 132. The van der Waals surface area contributed by atoms with Crippen molar-refractivity contribution in [1.29, 1.82) is 0 Å². The zero-order chi connectivity index (χ0) is 6.97. The Morgan fingerprint density at radius 1 is 1.10 bits per heavy atom. The van der Waals surface area contributed by atoms with Gasteiger partial charge in [-0.3, -0.25) is 0 Å². The molecule has 0 aliphatic heterocycles. The summed E-state index contributed by atoms with van der Waals surface area (Å²) in [6.07, 6.45) is 8.65. The predicted molar refractivity (Wildman–Crippen MR) is 43.8 cm³/mol. The fourth-order valence-electron chi connectivity index (χ4n) is 2.67. The SMILES string of the molecule is C=C1C[C@H]2CCC[C@@H](C1)C2. The smallest absolute Gasteiger partial charge is 0.0294 e. The van der Waals surface area contributed by atoms with Crippen LogP contribution in [0.3, 0.4) is 0 Å². The standard InChI is InChI=1S/C10H16/c1-8-5-9-3-2-4-10(6-8)7-9/h9-10H,1-7H2/t9-,10+. The summed E-state index contributed by atoms with van der Waals surface area (Å²) in [4.78, 5) is 0. The maximum absolute atomic E-state index is 4.10. The minimum atomic E-state index is 1.03. The molecule has 0 unspecified atom stereocenters. The number of hydrogen-bond donors (Lipinski definition) is 0. The molecule has 0 heteroatoms. The van der Waals surface area contributed by atoms with Crippen LogP contribution < -0.4 is 0 Å². The average Bonchev–Trinajstić information content (AvgIpc) is 1.85. The molecule has 56 valence electrons. The zero-order valence-electron chi connectivity index (χ0n) is 6.60. The van der Waals surface area contributed by atoms with Gasteiger partial charge < -0.3 is 0 Å². The second-order valence-corrected chi connectivity index (χ2v) is 4.06. The Morgan fingerprint density at radius 2 is 1.70 bits per heavy atom. The summed E-state index contributed by atoms with van der Waals surface area (Å²) in [7, 11) is 0. The lowest BCUT2D eigenvalue weighted by Gasteiger charge is -2.35. The third-order valence-electron chi connectivity index (χ3n) is 3.05. The maximum Gasteiger partial charge on any atom is -0.0294 e. The highest BCUT2D eigenvalue weighted by Crippen LogP contribution is 2.41. The van der Waals surface area contributed by atoms with Crippen molar-refractivity contribution in [3.8, 4) is 0 Å². The van der Waals surface area contributed by atoms with Crippen molar-refractivity contribution in [2.45, 2.75) is 38.5 Å². The zero-order valence-corrected chi connectivity index (χ0v) is 6.60. The third-order valence-corrected chi connectivity index (χ3v) is 3.05. The predicted octanol–water partition coefficient (Wildman–Crippen LogP) is 3.14. The van der Waals surface area contributed by atoms with Crippen LogP contribution >= 0.6 is 0 Å². The number of allylic oxidation sites excluding steroid dienone is 1. The molecule has 0 heterocycles. The van der Waals surface area contributed by atoms with Crippen molar-refractivity contribution >= 4 is 0 Å². The minimum Gasteiger partial charge on any atom is -0.0998 e. The van der Waals surface area contributed by atoms with Gasteiger partial charge in [-0.1, -0.05) is 31.4 Å². The van der Waals surface area contributed by atoms with Crippen LogP contribution in [0.25, 0.3) is 0 Å². The molecule has 2 aliphatic rings. The lowest BCUT2D eigenvalue weighted by atomic mass is 9.71. The Kier molecular flexibility index (Phi) is 1.55. The van der Waals surface area contributed by atoms with Crippen molar-refractivity contribution in [3.05, 3.63) is 12.2 Å². The molecular weight excluding hydrogens is 120 g/mol. The summed E-state index contributed by atoms with van der Waals surface area (Å²) >= 11 is 0. The van der Waals surface area contributed by atoms with Crippen LogP contribution in [-0.4, -0.2) is 0 Å². The number of hydrogen-bond acceptors (Lipinski definition) is 0. The molecule has 2 fully saturated rings. The van der Waals surface area contributed by atoms with Crippen LogP contribution in [0.5, 0.6) is 0 Å².